The van der Waals surface area contributed by atoms with Crippen molar-refractivity contribution < 1.29 is 9.66 Å². The quantitative estimate of drug-likeness (QED) is 0.530. The molecule has 26 heavy (non-hydrogen) atoms. The fraction of sp³-hybridized carbons (Fsp3) is 0.222. The zero-order chi connectivity index (χ0) is 18.1. The molecule has 0 saturated carbocycles. The fourth-order valence-electron chi connectivity index (χ4n) is 3.12. The third kappa shape index (κ3) is 2.80. The van der Waals surface area contributed by atoms with Crippen LogP contribution in [-0.4, -0.2) is 41.0 Å². The fourth-order valence-corrected chi connectivity index (χ4v) is 3.12. The van der Waals surface area contributed by atoms with Gasteiger partial charge in [-0.2, -0.15) is 9.78 Å². The lowest BCUT2D eigenvalue weighted by atomic mass is 10.2. The van der Waals surface area contributed by atoms with Crippen molar-refractivity contribution in [2.24, 2.45) is 0 Å². The third-order valence-electron chi connectivity index (χ3n) is 4.46. The van der Waals surface area contributed by atoms with Crippen LogP contribution in [0.1, 0.15) is 0 Å². The van der Waals surface area contributed by atoms with Gasteiger partial charge in [0.05, 0.1) is 29.7 Å². The molecule has 0 bridgehead atoms. The Morgan fingerprint density at radius 3 is 2.65 bits per heavy atom. The van der Waals surface area contributed by atoms with Crippen molar-refractivity contribution in [3.05, 3.63) is 69.1 Å². The summed E-state index contributed by atoms with van der Waals surface area (Å²) in [4.78, 5) is 25.9. The number of nitro groups is 1. The number of benzene rings is 2. The molecule has 8 nitrogen and oxygen atoms in total. The summed E-state index contributed by atoms with van der Waals surface area (Å²) < 4.78 is 6.45. The Balaban J connectivity index is 1.90. The molecule has 4 rings (SSSR count). The van der Waals surface area contributed by atoms with E-state index < -0.39 is 4.92 Å². The number of morpholine rings is 1. The number of hydrogen-bond acceptors (Lipinski definition) is 6. The smallest absolute Gasteiger partial charge is 0.295 e. The summed E-state index contributed by atoms with van der Waals surface area (Å²) in [6.45, 7) is 2.58. The molecule has 0 spiro atoms. The molecule has 0 N–H and O–H groups in total. The Hall–Kier alpha value is -3.26. The highest BCUT2D eigenvalue weighted by atomic mass is 16.6. The molecule has 1 aliphatic rings. The molecule has 2 aromatic carbocycles. The van der Waals surface area contributed by atoms with Gasteiger partial charge in [-0.15, -0.1) is 0 Å². The van der Waals surface area contributed by atoms with Crippen LogP contribution < -0.4 is 10.5 Å². The summed E-state index contributed by atoms with van der Waals surface area (Å²) in [6.07, 6.45) is 1.54. The molecular formula is C18H16N4O4. The Labute approximate surface area is 148 Å². The van der Waals surface area contributed by atoms with Crippen molar-refractivity contribution in [3.8, 4) is 5.69 Å². The minimum atomic E-state index is -0.498. The van der Waals surface area contributed by atoms with E-state index in [1.807, 2.05) is 6.07 Å². The standard InChI is InChI=1S/C18H16N4O4/c23-18-15-4-2-1-3-13(15)12-19-21(18)17-11-14(5-6-16(17)22(24)25)20-7-9-26-10-8-20/h1-6,11-12H,7-10H2. The van der Waals surface area contributed by atoms with E-state index in [4.69, 9.17) is 4.74 Å². The molecule has 1 fully saturated rings. The van der Waals surface area contributed by atoms with Gasteiger partial charge in [0, 0.05) is 30.2 Å². The third-order valence-corrected chi connectivity index (χ3v) is 4.46. The van der Waals surface area contributed by atoms with Gasteiger partial charge in [0.15, 0.2) is 0 Å². The molecule has 0 aliphatic carbocycles. The first-order valence-electron chi connectivity index (χ1n) is 8.24. The van der Waals surface area contributed by atoms with E-state index in [0.29, 0.717) is 37.1 Å². The number of hydrogen-bond donors (Lipinski definition) is 0. The highest BCUT2D eigenvalue weighted by Crippen LogP contribution is 2.28. The van der Waals surface area contributed by atoms with Crippen LogP contribution >= 0.6 is 0 Å². The molecule has 0 radical (unpaired) electrons. The summed E-state index contributed by atoms with van der Waals surface area (Å²) in [5, 5.41) is 16.8. The minimum Gasteiger partial charge on any atom is -0.378 e. The SMILES string of the molecule is O=c1c2ccccc2cnn1-c1cc(N2CCOCC2)ccc1[N+](=O)[O-]. The van der Waals surface area contributed by atoms with Crippen molar-refractivity contribution in [2.75, 3.05) is 31.2 Å². The van der Waals surface area contributed by atoms with Gasteiger partial charge in [-0.25, -0.2) is 0 Å². The summed E-state index contributed by atoms with van der Waals surface area (Å²) >= 11 is 0. The number of nitrogens with zero attached hydrogens (tertiary/aromatic N) is 4. The second kappa shape index (κ2) is 6.57. The van der Waals surface area contributed by atoms with Crippen molar-refractivity contribution in [2.45, 2.75) is 0 Å². The Morgan fingerprint density at radius 2 is 1.88 bits per heavy atom. The van der Waals surface area contributed by atoms with E-state index in [0.717, 1.165) is 10.4 Å². The van der Waals surface area contributed by atoms with E-state index in [2.05, 4.69) is 10.00 Å². The number of rotatable bonds is 3. The zero-order valence-electron chi connectivity index (χ0n) is 13.9. The minimum absolute atomic E-state index is 0.160. The molecule has 1 aromatic heterocycles. The first-order chi connectivity index (χ1) is 12.6. The highest BCUT2D eigenvalue weighted by molar-refractivity contribution is 5.81. The van der Waals surface area contributed by atoms with Crippen molar-refractivity contribution in [1.29, 1.82) is 0 Å². The lowest BCUT2D eigenvalue weighted by Crippen LogP contribution is -2.36. The highest BCUT2D eigenvalue weighted by Gasteiger charge is 2.21. The Kier molecular flexibility index (Phi) is 4.10. The topological polar surface area (TPSA) is 90.5 Å². The maximum Gasteiger partial charge on any atom is 0.295 e. The van der Waals surface area contributed by atoms with Crippen molar-refractivity contribution in [3.63, 3.8) is 0 Å². The largest absolute Gasteiger partial charge is 0.378 e. The molecular weight excluding hydrogens is 336 g/mol. The average Bonchev–Trinajstić information content (AvgIpc) is 2.69. The molecule has 0 amide bonds. The lowest BCUT2D eigenvalue weighted by Gasteiger charge is -2.29. The molecule has 1 saturated heterocycles. The first-order valence-corrected chi connectivity index (χ1v) is 8.24. The van der Waals surface area contributed by atoms with Crippen LogP contribution in [0.2, 0.25) is 0 Å². The van der Waals surface area contributed by atoms with E-state index in [1.54, 1.807) is 36.5 Å². The van der Waals surface area contributed by atoms with Crippen molar-refractivity contribution >= 4 is 22.1 Å². The van der Waals surface area contributed by atoms with Gasteiger partial charge < -0.3 is 9.64 Å². The predicted octanol–water partition coefficient (Wildman–Crippen LogP) is 2.13. The average molecular weight is 352 g/mol. The Bertz CT molecular complexity index is 1040. The van der Waals surface area contributed by atoms with E-state index in [9.17, 15) is 14.9 Å². The van der Waals surface area contributed by atoms with Gasteiger partial charge in [0.2, 0.25) is 0 Å². The first kappa shape index (κ1) is 16.2. The van der Waals surface area contributed by atoms with Crippen LogP contribution in [0, 0.1) is 10.1 Å². The number of anilines is 1. The molecule has 132 valence electrons. The molecule has 2 heterocycles. The van der Waals surface area contributed by atoms with Crippen LogP contribution in [0.4, 0.5) is 11.4 Å². The van der Waals surface area contributed by atoms with E-state index >= 15 is 0 Å². The lowest BCUT2D eigenvalue weighted by molar-refractivity contribution is -0.384. The summed E-state index contributed by atoms with van der Waals surface area (Å²) in [5.41, 5.74) is 0.419. The molecule has 0 unspecified atom stereocenters. The number of nitro benzene ring substituents is 1. The molecule has 0 atom stereocenters. The van der Waals surface area contributed by atoms with Gasteiger partial charge >= 0.3 is 0 Å². The zero-order valence-corrected chi connectivity index (χ0v) is 13.9. The van der Waals surface area contributed by atoms with E-state index in [1.165, 1.54) is 6.07 Å². The van der Waals surface area contributed by atoms with Gasteiger partial charge in [-0.1, -0.05) is 18.2 Å². The number of aromatic nitrogens is 2. The summed E-state index contributed by atoms with van der Waals surface area (Å²) in [7, 11) is 0. The van der Waals surface area contributed by atoms with Gasteiger partial charge in [-0.05, 0) is 18.2 Å². The van der Waals surface area contributed by atoms with Gasteiger partial charge in [0.1, 0.15) is 5.69 Å². The van der Waals surface area contributed by atoms with E-state index in [-0.39, 0.29) is 16.9 Å². The maximum atomic E-state index is 12.8. The van der Waals surface area contributed by atoms with Gasteiger partial charge in [-0.3, -0.25) is 14.9 Å². The van der Waals surface area contributed by atoms with Crippen molar-refractivity contribution in [1.82, 2.24) is 9.78 Å². The second-order valence-corrected chi connectivity index (χ2v) is 5.98. The maximum absolute atomic E-state index is 12.8. The second-order valence-electron chi connectivity index (χ2n) is 5.98. The van der Waals surface area contributed by atoms with Crippen LogP contribution in [0.5, 0.6) is 0 Å². The monoisotopic (exact) mass is 352 g/mol. The number of ether oxygens (including phenoxy) is 1. The number of fused-ring (bicyclic) bond motifs is 1. The summed E-state index contributed by atoms with van der Waals surface area (Å²) in [5.74, 6) is 0. The normalized spacial score (nSPS) is 14.5. The summed E-state index contributed by atoms with van der Waals surface area (Å²) in [6, 6.07) is 11.8. The molecule has 1 aliphatic heterocycles. The van der Waals surface area contributed by atoms with Gasteiger partial charge in [0.25, 0.3) is 11.2 Å². The van der Waals surface area contributed by atoms with Crippen LogP contribution in [0.3, 0.4) is 0 Å². The Morgan fingerprint density at radius 1 is 1.12 bits per heavy atom. The van der Waals surface area contributed by atoms with Crippen LogP contribution in [-0.2, 0) is 4.74 Å². The van der Waals surface area contributed by atoms with Crippen LogP contribution in [0.15, 0.2) is 53.5 Å². The molecule has 3 aromatic rings. The molecule has 8 heteroatoms. The predicted molar refractivity (Wildman–Crippen MR) is 97.0 cm³/mol. The van der Waals surface area contributed by atoms with Crippen LogP contribution in [0.25, 0.3) is 16.5 Å².